The lowest BCUT2D eigenvalue weighted by molar-refractivity contribution is -0.106. The van der Waals surface area contributed by atoms with Crippen molar-refractivity contribution in [3.63, 3.8) is 0 Å². The minimum Gasteiger partial charge on any atom is -0.389 e. The van der Waals surface area contributed by atoms with Crippen molar-refractivity contribution in [2.45, 2.75) is 76.7 Å². The average Bonchev–Trinajstić information content (AvgIpc) is 2.31. The van der Waals surface area contributed by atoms with Gasteiger partial charge in [-0.2, -0.15) is 27.0 Å². The van der Waals surface area contributed by atoms with Crippen LogP contribution in [0.1, 0.15) is 71.1 Å². The highest BCUT2D eigenvalue weighted by Crippen LogP contribution is 2.45. The molecule has 0 spiro atoms. The molecule has 3 heteroatoms. The monoisotopic (exact) mass is 278 g/mol. The minimum atomic E-state index is -0.284. The zero-order valence-corrected chi connectivity index (χ0v) is 13.2. The molecule has 1 nitrogen and oxygen atoms in total. The van der Waals surface area contributed by atoms with Gasteiger partial charge < -0.3 is 5.11 Å². The lowest BCUT2D eigenvalue weighted by atomic mass is 9.64. The predicted molar refractivity (Wildman–Crippen MR) is 84.5 cm³/mol. The molecule has 0 heterocycles. The Morgan fingerprint density at radius 2 is 1.53 bits per heavy atom. The molecular formula is C14H30OS2. The third-order valence-corrected chi connectivity index (χ3v) is 4.89. The predicted octanol–water partition coefficient (Wildman–Crippen LogP) is 4.12. The molecule has 0 unspecified atom stereocenters. The van der Waals surface area contributed by atoms with Gasteiger partial charge in [0.05, 0.1) is 5.60 Å². The van der Waals surface area contributed by atoms with E-state index in [1.807, 2.05) is 0 Å². The minimum absolute atomic E-state index is 0. The Hall–Kier alpha value is 0.660. The molecule has 0 aromatic carbocycles. The molecule has 0 saturated heterocycles. The van der Waals surface area contributed by atoms with E-state index in [1.54, 1.807) is 0 Å². The molecular weight excluding hydrogens is 248 g/mol. The van der Waals surface area contributed by atoms with Crippen molar-refractivity contribution >= 4 is 27.0 Å². The van der Waals surface area contributed by atoms with Crippen molar-refractivity contribution in [2.75, 3.05) is 0 Å². The SMILES string of the molecule is CC[C@H]1CCCC[C@]1(O)C1CCCCC1.S.S. The molecule has 0 aromatic heterocycles. The van der Waals surface area contributed by atoms with Gasteiger partial charge in [-0.15, -0.1) is 0 Å². The largest absolute Gasteiger partial charge is 0.389 e. The summed E-state index contributed by atoms with van der Waals surface area (Å²) >= 11 is 0. The van der Waals surface area contributed by atoms with E-state index in [0.717, 1.165) is 6.42 Å². The molecule has 2 fully saturated rings. The summed E-state index contributed by atoms with van der Waals surface area (Å²) in [6.45, 7) is 2.25. The van der Waals surface area contributed by atoms with E-state index < -0.39 is 0 Å². The van der Waals surface area contributed by atoms with Gasteiger partial charge in [-0.3, -0.25) is 0 Å². The molecule has 2 aliphatic rings. The fraction of sp³-hybridized carbons (Fsp3) is 1.00. The van der Waals surface area contributed by atoms with Crippen molar-refractivity contribution in [1.29, 1.82) is 0 Å². The van der Waals surface area contributed by atoms with Gasteiger partial charge in [0.2, 0.25) is 0 Å². The second-order valence-electron chi connectivity index (χ2n) is 5.68. The van der Waals surface area contributed by atoms with Gasteiger partial charge in [0, 0.05) is 0 Å². The van der Waals surface area contributed by atoms with Crippen LogP contribution in [0, 0.1) is 11.8 Å². The fourth-order valence-electron chi connectivity index (χ4n) is 3.95. The quantitative estimate of drug-likeness (QED) is 0.805. The van der Waals surface area contributed by atoms with Crippen LogP contribution in [0.4, 0.5) is 0 Å². The zero-order valence-electron chi connectivity index (χ0n) is 11.2. The molecule has 0 aliphatic heterocycles. The van der Waals surface area contributed by atoms with Crippen molar-refractivity contribution in [3.8, 4) is 0 Å². The van der Waals surface area contributed by atoms with Gasteiger partial charge in [-0.05, 0) is 37.5 Å². The Balaban J connectivity index is 0.00000128. The van der Waals surface area contributed by atoms with E-state index in [1.165, 1.54) is 57.8 Å². The summed E-state index contributed by atoms with van der Waals surface area (Å²) in [6.07, 6.45) is 12.8. The normalized spacial score (nSPS) is 34.6. The summed E-state index contributed by atoms with van der Waals surface area (Å²) in [5.41, 5.74) is -0.284. The first-order valence-corrected chi connectivity index (χ1v) is 6.99. The average molecular weight is 279 g/mol. The number of rotatable bonds is 2. The summed E-state index contributed by atoms with van der Waals surface area (Å²) in [5.74, 6) is 1.21. The summed E-state index contributed by atoms with van der Waals surface area (Å²) in [6, 6.07) is 0. The lowest BCUT2D eigenvalue weighted by Crippen LogP contribution is -2.47. The molecule has 0 amide bonds. The van der Waals surface area contributed by atoms with Gasteiger partial charge in [0.15, 0.2) is 0 Å². The molecule has 2 aliphatic carbocycles. The topological polar surface area (TPSA) is 20.2 Å². The van der Waals surface area contributed by atoms with E-state index in [0.29, 0.717) is 11.8 Å². The smallest absolute Gasteiger partial charge is 0.0703 e. The molecule has 17 heavy (non-hydrogen) atoms. The summed E-state index contributed by atoms with van der Waals surface area (Å²) in [4.78, 5) is 0. The third-order valence-electron chi connectivity index (χ3n) is 4.89. The van der Waals surface area contributed by atoms with Crippen LogP contribution in [0.25, 0.3) is 0 Å². The summed E-state index contributed by atoms with van der Waals surface area (Å²) in [5, 5.41) is 11.0. The lowest BCUT2D eigenvalue weighted by Gasteiger charge is -2.46. The number of hydrogen-bond donors (Lipinski definition) is 1. The maximum Gasteiger partial charge on any atom is 0.0703 e. The number of aliphatic hydroxyl groups is 1. The third kappa shape index (κ3) is 3.81. The van der Waals surface area contributed by atoms with Crippen LogP contribution in [0.2, 0.25) is 0 Å². The second-order valence-corrected chi connectivity index (χ2v) is 5.68. The van der Waals surface area contributed by atoms with Crippen LogP contribution < -0.4 is 0 Å². The van der Waals surface area contributed by atoms with Crippen molar-refractivity contribution < 1.29 is 5.11 Å². The van der Waals surface area contributed by atoms with E-state index in [2.05, 4.69) is 6.92 Å². The Bertz CT molecular complexity index is 204. The Morgan fingerprint density at radius 3 is 2.12 bits per heavy atom. The van der Waals surface area contributed by atoms with Crippen LogP contribution in [-0.4, -0.2) is 10.7 Å². The first-order chi connectivity index (χ1) is 7.27. The van der Waals surface area contributed by atoms with Gasteiger partial charge in [-0.25, -0.2) is 0 Å². The van der Waals surface area contributed by atoms with E-state index in [-0.39, 0.29) is 32.6 Å². The Morgan fingerprint density at radius 1 is 0.941 bits per heavy atom. The molecule has 2 saturated carbocycles. The Labute approximate surface area is 121 Å². The zero-order chi connectivity index (χ0) is 10.7. The molecule has 0 bridgehead atoms. The van der Waals surface area contributed by atoms with Crippen molar-refractivity contribution in [2.24, 2.45) is 11.8 Å². The van der Waals surface area contributed by atoms with Crippen LogP contribution in [0.15, 0.2) is 0 Å². The van der Waals surface area contributed by atoms with Crippen LogP contribution >= 0.6 is 27.0 Å². The van der Waals surface area contributed by atoms with Crippen molar-refractivity contribution in [1.82, 2.24) is 0 Å². The summed E-state index contributed by atoms with van der Waals surface area (Å²) in [7, 11) is 0. The molecule has 104 valence electrons. The highest BCUT2D eigenvalue weighted by molar-refractivity contribution is 7.59. The maximum absolute atomic E-state index is 11.0. The molecule has 1 N–H and O–H groups in total. The standard InChI is InChI=1S/C14H26O.2H2S/c1-2-12-8-6-7-11-14(12,15)13-9-4-3-5-10-13;;/h12-13,15H,2-11H2,1H3;2*1H2/t12-,14+;;/m0../s1. The maximum atomic E-state index is 11.0. The molecule has 2 atom stereocenters. The highest BCUT2D eigenvalue weighted by Gasteiger charge is 2.43. The van der Waals surface area contributed by atoms with Crippen LogP contribution in [-0.2, 0) is 0 Å². The molecule has 2 rings (SSSR count). The first kappa shape index (κ1) is 17.7. The second kappa shape index (κ2) is 7.96. The Kier molecular flexibility index (Phi) is 8.27. The van der Waals surface area contributed by atoms with Crippen molar-refractivity contribution in [3.05, 3.63) is 0 Å². The van der Waals surface area contributed by atoms with E-state index in [4.69, 9.17) is 0 Å². The van der Waals surface area contributed by atoms with Gasteiger partial charge in [0.1, 0.15) is 0 Å². The van der Waals surface area contributed by atoms with Gasteiger partial charge in [0.25, 0.3) is 0 Å². The first-order valence-electron chi connectivity index (χ1n) is 6.99. The highest BCUT2D eigenvalue weighted by atomic mass is 32.1. The van der Waals surface area contributed by atoms with Crippen LogP contribution in [0.5, 0.6) is 0 Å². The fourth-order valence-corrected chi connectivity index (χ4v) is 3.95. The number of hydrogen-bond acceptors (Lipinski definition) is 1. The van der Waals surface area contributed by atoms with Crippen LogP contribution in [0.3, 0.4) is 0 Å². The molecule has 0 aromatic rings. The summed E-state index contributed by atoms with van der Waals surface area (Å²) < 4.78 is 0. The van der Waals surface area contributed by atoms with E-state index in [9.17, 15) is 5.11 Å². The molecule has 0 radical (unpaired) electrons. The van der Waals surface area contributed by atoms with E-state index >= 15 is 0 Å². The van der Waals surface area contributed by atoms with Gasteiger partial charge in [-0.1, -0.05) is 45.4 Å². The van der Waals surface area contributed by atoms with Gasteiger partial charge >= 0.3 is 0 Å².